The molecule has 3 rings (SSSR count). The standard InChI is InChI=1S/C38H58N4O6S/c1-26-20-22-49-32(26)28-18-16-27(17-19-28)24-40-34(45)30-23-29(43)25-42(30)35(46)33(37(2,3)4)41-31(44)15-13-11-9-8-10-12-14-21-39-36(47)48-38(5,6)7/h16-19,29-30,43H,8-15,20-25H2,1-7H3,(H,39,47)(H,40,45)/t29-,30+/m1/s1. The topological polar surface area (TPSA) is 137 Å². The highest BCUT2D eigenvalue weighted by molar-refractivity contribution is 8.08. The minimum atomic E-state index is -0.847. The predicted octanol–water partition coefficient (Wildman–Crippen LogP) is 6.79. The summed E-state index contributed by atoms with van der Waals surface area (Å²) < 4.78 is 5.23. The molecule has 272 valence electrons. The number of hydrogen-bond acceptors (Lipinski definition) is 7. The molecule has 1 saturated heterocycles. The second-order valence-electron chi connectivity index (χ2n) is 15.2. The number of aliphatic imine (C=N–C) groups is 1. The van der Waals surface area contributed by atoms with Crippen LogP contribution in [0, 0.1) is 5.41 Å². The molecule has 0 aliphatic carbocycles. The molecule has 0 bridgehead atoms. The number of ether oxygens (including phenoxy) is 1. The van der Waals surface area contributed by atoms with Crippen LogP contribution in [0.1, 0.15) is 124 Å². The van der Waals surface area contributed by atoms with Gasteiger partial charge < -0.3 is 25.4 Å². The van der Waals surface area contributed by atoms with Crippen LogP contribution in [-0.2, 0) is 25.7 Å². The van der Waals surface area contributed by atoms with Crippen molar-refractivity contribution in [2.24, 2.45) is 10.4 Å². The van der Waals surface area contributed by atoms with Gasteiger partial charge >= 0.3 is 6.09 Å². The Kier molecular flexibility index (Phi) is 15.4. The van der Waals surface area contributed by atoms with Crippen molar-refractivity contribution in [3.8, 4) is 0 Å². The smallest absolute Gasteiger partial charge is 0.407 e. The second kappa shape index (κ2) is 18.7. The van der Waals surface area contributed by atoms with Gasteiger partial charge in [-0.3, -0.25) is 14.4 Å². The van der Waals surface area contributed by atoms with E-state index in [2.05, 4.69) is 34.7 Å². The maximum absolute atomic E-state index is 13.8. The van der Waals surface area contributed by atoms with E-state index in [1.807, 2.05) is 65.4 Å². The fraction of sp³-hybridized carbons (Fsp3) is 0.658. The van der Waals surface area contributed by atoms with Gasteiger partial charge in [-0.2, -0.15) is 0 Å². The summed E-state index contributed by atoms with van der Waals surface area (Å²) in [5, 5.41) is 16.2. The van der Waals surface area contributed by atoms with Gasteiger partial charge in [-0.15, -0.1) is 11.8 Å². The first-order valence-electron chi connectivity index (χ1n) is 17.8. The van der Waals surface area contributed by atoms with Crippen LogP contribution in [0.15, 0.2) is 34.8 Å². The fourth-order valence-corrected chi connectivity index (χ4v) is 7.15. The fourth-order valence-electron chi connectivity index (χ4n) is 5.88. The van der Waals surface area contributed by atoms with E-state index in [0.717, 1.165) is 56.3 Å². The van der Waals surface area contributed by atoms with E-state index in [-0.39, 0.29) is 36.9 Å². The molecule has 0 aromatic heterocycles. The van der Waals surface area contributed by atoms with Gasteiger partial charge in [-0.25, -0.2) is 9.79 Å². The summed E-state index contributed by atoms with van der Waals surface area (Å²) in [5.41, 5.74) is 2.42. The minimum absolute atomic E-state index is 0.0120. The molecule has 1 aromatic carbocycles. The number of β-amino-alcohol motifs (C(OH)–C–C–N with tert-alkyl or cyclic N) is 1. The second-order valence-corrected chi connectivity index (χ2v) is 16.3. The first-order valence-corrected chi connectivity index (χ1v) is 18.8. The average molecular weight is 699 g/mol. The summed E-state index contributed by atoms with van der Waals surface area (Å²) in [6.45, 7) is 14.1. The van der Waals surface area contributed by atoms with Gasteiger partial charge in [-0.1, -0.05) is 82.7 Å². The van der Waals surface area contributed by atoms with E-state index >= 15 is 0 Å². The number of carbonyl (C=O) groups is 4. The number of unbranched alkanes of at least 4 members (excludes halogenated alkanes) is 6. The van der Waals surface area contributed by atoms with Crippen molar-refractivity contribution in [1.82, 2.24) is 15.5 Å². The predicted molar refractivity (Wildman–Crippen MR) is 197 cm³/mol. The summed E-state index contributed by atoms with van der Waals surface area (Å²) >= 11 is 1.87. The largest absolute Gasteiger partial charge is 0.444 e. The van der Waals surface area contributed by atoms with E-state index < -0.39 is 35.2 Å². The zero-order chi connectivity index (χ0) is 36.2. The van der Waals surface area contributed by atoms with Gasteiger partial charge in [0.1, 0.15) is 17.4 Å². The number of benzene rings is 1. The van der Waals surface area contributed by atoms with Crippen LogP contribution in [0.5, 0.6) is 0 Å². The average Bonchev–Trinajstić information content (AvgIpc) is 3.63. The molecular weight excluding hydrogens is 641 g/mol. The maximum Gasteiger partial charge on any atom is 0.407 e. The number of thioether (sulfide) groups is 1. The van der Waals surface area contributed by atoms with Crippen LogP contribution >= 0.6 is 11.8 Å². The Hall–Kier alpha value is -3.18. The third kappa shape index (κ3) is 13.6. The number of hydrogen-bond donors (Lipinski definition) is 3. The Morgan fingerprint density at radius 1 is 0.939 bits per heavy atom. The molecule has 49 heavy (non-hydrogen) atoms. The molecule has 0 radical (unpaired) electrons. The van der Waals surface area contributed by atoms with Gasteiger partial charge in [0.25, 0.3) is 5.91 Å². The molecule has 3 N–H and O–H groups in total. The molecule has 2 aliphatic rings. The Bertz CT molecular complexity index is 1360. The number of aliphatic hydroxyl groups is 1. The lowest BCUT2D eigenvalue weighted by Crippen LogP contribution is -2.50. The minimum Gasteiger partial charge on any atom is -0.444 e. The molecule has 2 heterocycles. The van der Waals surface area contributed by atoms with E-state index in [0.29, 0.717) is 19.5 Å². The van der Waals surface area contributed by atoms with Crippen LogP contribution in [0.25, 0.3) is 4.91 Å². The van der Waals surface area contributed by atoms with Crippen LogP contribution in [-0.4, -0.2) is 76.1 Å². The normalized spacial score (nSPS) is 18.5. The van der Waals surface area contributed by atoms with Crippen LogP contribution in [0.4, 0.5) is 4.79 Å². The lowest BCUT2D eigenvalue weighted by Gasteiger charge is -2.28. The SMILES string of the molecule is CC1=C(c2ccc(CNC(=O)[C@@H]3C[C@@H](O)CN3C(=O)C(=NC(=O)CCCCCCCCCNC(=O)OC(C)(C)C)C(C)(C)C)cc2)SCC1. The Labute approximate surface area is 297 Å². The number of nitrogens with one attached hydrogen (secondary N) is 2. The zero-order valence-electron chi connectivity index (χ0n) is 30.7. The molecule has 11 heteroatoms. The van der Waals surface area contributed by atoms with Crippen molar-refractivity contribution in [2.45, 2.75) is 137 Å². The van der Waals surface area contributed by atoms with Crippen LogP contribution in [0.2, 0.25) is 0 Å². The number of amides is 4. The number of likely N-dealkylation sites (tertiary alicyclic amines) is 1. The summed E-state index contributed by atoms with van der Waals surface area (Å²) in [6.07, 6.45) is 6.79. The summed E-state index contributed by atoms with van der Waals surface area (Å²) in [4.78, 5) is 58.7. The zero-order valence-corrected chi connectivity index (χ0v) is 31.5. The quantitative estimate of drug-likeness (QED) is 0.136. The molecule has 1 fully saturated rings. The van der Waals surface area contributed by atoms with E-state index in [1.165, 1.54) is 20.9 Å². The van der Waals surface area contributed by atoms with Crippen molar-refractivity contribution in [1.29, 1.82) is 0 Å². The number of allylic oxidation sites excluding steroid dienone is 1. The van der Waals surface area contributed by atoms with E-state index in [4.69, 9.17) is 4.74 Å². The van der Waals surface area contributed by atoms with Gasteiger partial charge in [0.15, 0.2) is 0 Å². The van der Waals surface area contributed by atoms with Crippen molar-refractivity contribution >= 4 is 46.2 Å². The molecule has 10 nitrogen and oxygen atoms in total. The Balaban J connectivity index is 1.45. The maximum atomic E-state index is 13.8. The third-order valence-corrected chi connectivity index (χ3v) is 9.80. The number of nitrogens with zero attached hydrogens (tertiary/aromatic N) is 2. The van der Waals surface area contributed by atoms with Crippen molar-refractivity contribution < 1.29 is 29.0 Å². The van der Waals surface area contributed by atoms with Gasteiger partial charge in [0.05, 0.1) is 6.10 Å². The molecule has 4 amide bonds. The van der Waals surface area contributed by atoms with Crippen molar-refractivity contribution in [3.05, 3.63) is 41.0 Å². The van der Waals surface area contributed by atoms with Crippen molar-refractivity contribution in [3.63, 3.8) is 0 Å². The van der Waals surface area contributed by atoms with Gasteiger partial charge in [0.2, 0.25) is 11.8 Å². The van der Waals surface area contributed by atoms with E-state index in [9.17, 15) is 24.3 Å². The molecule has 1 aromatic rings. The number of aliphatic hydroxyl groups excluding tert-OH is 1. The highest BCUT2D eigenvalue weighted by Crippen LogP contribution is 2.38. The third-order valence-electron chi connectivity index (χ3n) is 8.52. The lowest BCUT2D eigenvalue weighted by molar-refractivity contribution is -0.134. The van der Waals surface area contributed by atoms with Crippen molar-refractivity contribution in [2.75, 3.05) is 18.8 Å². The molecule has 2 atom stereocenters. The summed E-state index contributed by atoms with van der Waals surface area (Å²) in [7, 11) is 0. The summed E-state index contributed by atoms with van der Waals surface area (Å²) in [6, 6.07) is 7.32. The molecular formula is C38H58N4O6S. The van der Waals surface area contributed by atoms with Gasteiger partial charge in [0, 0.05) is 48.5 Å². The first-order chi connectivity index (χ1) is 23.0. The number of rotatable bonds is 15. The molecule has 2 aliphatic heterocycles. The molecule has 0 saturated carbocycles. The van der Waals surface area contributed by atoms with Crippen LogP contribution in [0.3, 0.4) is 0 Å². The summed E-state index contributed by atoms with van der Waals surface area (Å²) in [5.74, 6) is -0.0606. The monoisotopic (exact) mass is 698 g/mol. The highest BCUT2D eigenvalue weighted by atomic mass is 32.2. The number of carbonyl (C=O) groups excluding carboxylic acids is 4. The lowest BCUT2D eigenvalue weighted by atomic mass is 9.88. The first kappa shape index (κ1) is 40.3. The number of alkyl carbamates (subject to hydrolysis) is 1. The van der Waals surface area contributed by atoms with E-state index in [1.54, 1.807) is 0 Å². The molecule has 0 unspecified atom stereocenters. The Morgan fingerprint density at radius 2 is 1.57 bits per heavy atom. The Morgan fingerprint density at radius 3 is 2.16 bits per heavy atom. The van der Waals surface area contributed by atoms with Gasteiger partial charge in [-0.05, 0) is 58.1 Å². The molecule has 0 spiro atoms. The van der Waals surface area contributed by atoms with Crippen LogP contribution < -0.4 is 10.6 Å². The highest BCUT2D eigenvalue weighted by Gasteiger charge is 2.42.